The van der Waals surface area contributed by atoms with Crippen molar-refractivity contribution >= 4 is 23.7 Å². The van der Waals surface area contributed by atoms with Crippen LogP contribution in [0.5, 0.6) is 0 Å². The first kappa shape index (κ1) is 24.3. The van der Waals surface area contributed by atoms with Gasteiger partial charge >= 0.3 is 11.9 Å². The second-order valence-corrected chi connectivity index (χ2v) is 9.21. The predicted octanol–water partition coefficient (Wildman–Crippen LogP) is 5.24. The number of carbonyl (C=O) groups excluding carboxylic acids is 2. The van der Waals surface area contributed by atoms with Crippen molar-refractivity contribution in [3.05, 3.63) is 0 Å². The molecule has 0 aromatic heterocycles. The van der Waals surface area contributed by atoms with Gasteiger partial charge < -0.3 is 9.47 Å². The summed E-state index contributed by atoms with van der Waals surface area (Å²) < 4.78 is 9.66. The third-order valence-corrected chi connectivity index (χ3v) is 5.81. The van der Waals surface area contributed by atoms with E-state index in [1.165, 1.54) is 51.4 Å². The highest BCUT2D eigenvalue weighted by atomic mass is 32.2. The molecule has 0 fully saturated rings. The van der Waals surface area contributed by atoms with Crippen LogP contribution in [0, 0.1) is 10.8 Å². The minimum Gasteiger partial charge on any atom is -0.469 e. The van der Waals surface area contributed by atoms with E-state index in [0.29, 0.717) is 0 Å². The van der Waals surface area contributed by atoms with Crippen LogP contribution in [0.15, 0.2) is 0 Å². The van der Waals surface area contributed by atoms with Crippen LogP contribution in [-0.4, -0.2) is 37.7 Å². The SMILES string of the molecule is COC(=O)C(C)(C)CCCCCSCCCCCC(C)(C)C(=O)OC. The summed E-state index contributed by atoms with van der Waals surface area (Å²) in [7, 11) is 2.91. The second-order valence-electron chi connectivity index (χ2n) is 7.98. The van der Waals surface area contributed by atoms with Crippen molar-refractivity contribution in [3.63, 3.8) is 0 Å². The molecule has 0 bridgehead atoms. The molecule has 0 saturated heterocycles. The molecule has 0 aliphatic rings. The molecule has 0 atom stereocenters. The normalized spacial score (nSPS) is 12.1. The maximum Gasteiger partial charge on any atom is 0.311 e. The predicted molar refractivity (Wildman–Crippen MR) is 106 cm³/mol. The van der Waals surface area contributed by atoms with Gasteiger partial charge in [0.15, 0.2) is 0 Å². The number of carbonyl (C=O) groups is 2. The number of esters is 2. The average molecular weight is 375 g/mol. The Morgan fingerprint density at radius 1 is 0.680 bits per heavy atom. The van der Waals surface area contributed by atoms with Crippen LogP contribution in [0.3, 0.4) is 0 Å². The Balaban J connectivity index is 3.51. The van der Waals surface area contributed by atoms with E-state index in [-0.39, 0.29) is 22.8 Å². The lowest BCUT2D eigenvalue weighted by Gasteiger charge is -2.21. The Morgan fingerprint density at radius 2 is 1.04 bits per heavy atom. The molecule has 0 aromatic carbocycles. The quantitative estimate of drug-likeness (QED) is 0.307. The summed E-state index contributed by atoms with van der Waals surface area (Å²) in [6, 6.07) is 0. The third-order valence-electron chi connectivity index (χ3n) is 4.66. The topological polar surface area (TPSA) is 52.6 Å². The summed E-state index contributed by atoms with van der Waals surface area (Å²) in [5.74, 6) is 2.15. The van der Waals surface area contributed by atoms with Gasteiger partial charge in [0.1, 0.15) is 0 Å². The van der Waals surface area contributed by atoms with E-state index in [0.717, 1.165) is 25.7 Å². The van der Waals surface area contributed by atoms with Gasteiger partial charge in [-0.1, -0.05) is 25.7 Å². The van der Waals surface area contributed by atoms with Crippen molar-refractivity contribution in [1.29, 1.82) is 0 Å². The molecule has 0 unspecified atom stereocenters. The Bertz CT molecular complexity index is 355. The lowest BCUT2D eigenvalue weighted by Crippen LogP contribution is -2.25. The summed E-state index contributed by atoms with van der Waals surface area (Å²) in [6.07, 6.45) is 8.67. The minimum atomic E-state index is -0.361. The smallest absolute Gasteiger partial charge is 0.311 e. The second kappa shape index (κ2) is 12.6. The van der Waals surface area contributed by atoms with Crippen molar-refractivity contribution in [1.82, 2.24) is 0 Å². The number of rotatable bonds is 14. The first-order valence-electron chi connectivity index (χ1n) is 9.42. The van der Waals surface area contributed by atoms with Gasteiger partial charge in [-0.15, -0.1) is 0 Å². The van der Waals surface area contributed by atoms with E-state index in [9.17, 15) is 9.59 Å². The Morgan fingerprint density at radius 3 is 1.36 bits per heavy atom. The molecule has 5 heteroatoms. The summed E-state index contributed by atoms with van der Waals surface area (Å²) in [6.45, 7) is 7.81. The number of unbranched alkanes of at least 4 members (excludes halogenated alkanes) is 4. The number of methoxy groups -OCH3 is 2. The maximum absolute atomic E-state index is 11.6. The summed E-state index contributed by atoms with van der Waals surface area (Å²) in [4.78, 5) is 23.2. The Labute approximate surface area is 158 Å². The van der Waals surface area contributed by atoms with Crippen LogP contribution in [-0.2, 0) is 19.1 Å². The molecule has 0 saturated carbocycles. The Kier molecular flexibility index (Phi) is 12.3. The molecule has 4 nitrogen and oxygen atoms in total. The maximum atomic E-state index is 11.6. The van der Waals surface area contributed by atoms with Gasteiger partial charge in [0.25, 0.3) is 0 Å². The molecule has 0 radical (unpaired) electrons. The fourth-order valence-electron chi connectivity index (χ4n) is 2.75. The zero-order valence-corrected chi connectivity index (χ0v) is 17.9. The molecule has 0 amide bonds. The van der Waals surface area contributed by atoms with Crippen molar-refractivity contribution in [3.8, 4) is 0 Å². The van der Waals surface area contributed by atoms with Gasteiger partial charge in [-0.2, -0.15) is 11.8 Å². The van der Waals surface area contributed by atoms with Gasteiger partial charge in [0, 0.05) is 0 Å². The van der Waals surface area contributed by atoms with Crippen molar-refractivity contribution in [2.24, 2.45) is 10.8 Å². The van der Waals surface area contributed by atoms with E-state index < -0.39 is 0 Å². The number of ether oxygens (including phenoxy) is 2. The molecule has 0 aliphatic heterocycles. The lowest BCUT2D eigenvalue weighted by molar-refractivity contribution is -0.151. The largest absolute Gasteiger partial charge is 0.469 e. The number of hydrogen-bond donors (Lipinski definition) is 0. The van der Waals surface area contributed by atoms with E-state index >= 15 is 0 Å². The van der Waals surface area contributed by atoms with Gasteiger partial charge in [-0.05, 0) is 64.9 Å². The van der Waals surface area contributed by atoms with E-state index in [1.54, 1.807) is 0 Å². The van der Waals surface area contributed by atoms with E-state index in [2.05, 4.69) is 0 Å². The van der Waals surface area contributed by atoms with E-state index in [4.69, 9.17) is 9.47 Å². The third kappa shape index (κ3) is 10.8. The minimum absolute atomic E-state index is 0.114. The lowest BCUT2D eigenvalue weighted by atomic mass is 9.87. The van der Waals surface area contributed by atoms with Crippen molar-refractivity contribution < 1.29 is 19.1 Å². The Hall–Kier alpha value is -0.710. The average Bonchev–Trinajstić information content (AvgIpc) is 2.57. The zero-order chi connectivity index (χ0) is 19.3. The first-order valence-corrected chi connectivity index (χ1v) is 10.6. The monoisotopic (exact) mass is 374 g/mol. The van der Waals surface area contributed by atoms with Crippen molar-refractivity contribution in [2.45, 2.75) is 79.1 Å². The number of thioether (sulfide) groups is 1. The summed E-state index contributed by atoms with van der Waals surface area (Å²) in [5, 5.41) is 0. The molecule has 0 rings (SSSR count). The van der Waals surface area contributed by atoms with Gasteiger partial charge in [0.05, 0.1) is 25.0 Å². The number of hydrogen-bond acceptors (Lipinski definition) is 5. The molecule has 0 aromatic rings. The highest BCUT2D eigenvalue weighted by Crippen LogP contribution is 2.26. The molecule has 0 aliphatic carbocycles. The van der Waals surface area contributed by atoms with Crippen LogP contribution in [0.4, 0.5) is 0 Å². The molecule has 25 heavy (non-hydrogen) atoms. The fraction of sp³-hybridized carbons (Fsp3) is 0.900. The summed E-state index contributed by atoms with van der Waals surface area (Å²) >= 11 is 2.01. The highest BCUT2D eigenvalue weighted by molar-refractivity contribution is 7.99. The van der Waals surface area contributed by atoms with Crippen LogP contribution in [0.25, 0.3) is 0 Å². The van der Waals surface area contributed by atoms with Crippen LogP contribution < -0.4 is 0 Å². The van der Waals surface area contributed by atoms with Gasteiger partial charge in [0.2, 0.25) is 0 Å². The summed E-state index contributed by atoms with van der Waals surface area (Å²) in [5.41, 5.74) is -0.722. The standard InChI is InChI=1S/C20H38O4S/c1-19(2,17(21)23-5)13-9-7-11-15-25-16-12-8-10-14-20(3,4)18(22)24-6/h7-16H2,1-6H3. The van der Waals surface area contributed by atoms with Gasteiger partial charge in [-0.3, -0.25) is 9.59 Å². The van der Waals surface area contributed by atoms with Crippen LogP contribution in [0.1, 0.15) is 79.1 Å². The zero-order valence-electron chi connectivity index (χ0n) is 17.1. The van der Waals surface area contributed by atoms with Crippen molar-refractivity contribution in [2.75, 3.05) is 25.7 Å². The molecule has 0 heterocycles. The van der Waals surface area contributed by atoms with E-state index in [1.807, 2.05) is 39.5 Å². The van der Waals surface area contributed by atoms with Gasteiger partial charge in [-0.25, -0.2) is 0 Å². The molecular weight excluding hydrogens is 336 g/mol. The molecule has 148 valence electrons. The fourth-order valence-corrected chi connectivity index (χ4v) is 3.78. The molecule has 0 spiro atoms. The molecular formula is C20H38O4S. The first-order chi connectivity index (χ1) is 11.7. The highest BCUT2D eigenvalue weighted by Gasteiger charge is 2.28. The molecule has 0 N–H and O–H groups in total. The van der Waals surface area contributed by atoms with Crippen LogP contribution >= 0.6 is 11.8 Å². The van der Waals surface area contributed by atoms with Crippen LogP contribution in [0.2, 0.25) is 0 Å².